The Bertz CT molecular complexity index is 1180. The molecule has 0 bridgehead atoms. The van der Waals surface area contributed by atoms with E-state index in [2.05, 4.69) is 17.2 Å². The predicted octanol–water partition coefficient (Wildman–Crippen LogP) is 4.76. The zero-order valence-electron chi connectivity index (χ0n) is 20.7. The first-order valence-corrected chi connectivity index (χ1v) is 12.1. The molecule has 0 aliphatic carbocycles. The van der Waals surface area contributed by atoms with Gasteiger partial charge in [-0.2, -0.15) is 13.2 Å². The fourth-order valence-corrected chi connectivity index (χ4v) is 4.55. The highest BCUT2D eigenvalue weighted by Gasteiger charge is 2.37. The molecule has 3 atom stereocenters. The van der Waals surface area contributed by atoms with Crippen molar-refractivity contribution in [2.24, 2.45) is 5.73 Å². The predicted molar refractivity (Wildman–Crippen MR) is 136 cm³/mol. The summed E-state index contributed by atoms with van der Waals surface area (Å²) in [5, 5.41) is 13.7. The maximum absolute atomic E-state index is 13.5. The summed E-state index contributed by atoms with van der Waals surface area (Å²) in [6, 6.07) is 15.8. The van der Waals surface area contributed by atoms with Crippen LogP contribution in [0, 0.1) is 0 Å². The molecular weight excluding hydrogens is 485 g/mol. The summed E-state index contributed by atoms with van der Waals surface area (Å²) in [6.07, 6.45) is -3.37. The average molecular weight is 517 g/mol. The van der Waals surface area contributed by atoms with Crippen molar-refractivity contribution in [3.8, 4) is 11.6 Å². The van der Waals surface area contributed by atoms with Crippen LogP contribution in [0.3, 0.4) is 0 Å². The maximum atomic E-state index is 13.5. The van der Waals surface area contributed by atoms with Crippen LogP contribution in [0.2, 0.25) is 0 Å². The Morgan fingerprint density at radius 3 is 2.54 bits per heavy atom. The number of nitrogens with two attached hydrogens (primary N) is 1. The first-order valence-electron chi connectivity index (χ1n) is 12.1. The quantitative estimate of drug-likeness (QED) is 0.335. The Kier molecular flexibility index (Phi) is 8.09. The molecule has 1 aliphatic rings. The van der Waals surface area contributed by atoms with Crippen molar-refractivity contribution < 1.29 is 27.8 Å². The third kappa shape index (κ3) is 6.08. The van der Waals surface area contributed by atoms with Crippen LogP contribution in [0.15, 0.2) is 60.8 Å². The van der Waals surface area contributed by atoms with E-state index >= 15 is 0 Å². The minimum Gasteiger partial charge on any atom is -0.496 e. The Labute approximate surface area is 214 Å². The normalized spacial score (nSPS) is 15.6. The van der Waals surface area contributed by atoms with Gasteiger partial charge in [0.1, 0.15) is 11.9 Å². The van der Waals surface area contributed by atoms with E-state index in [1.807, 2.05) is 30.3 Å². The molecule has 1 aliphatic heterocycles. The summed E-state index contributed by atoms with van der Waals surface area (Å²) in [7, 11) is 1.21. The number of alkyl halides is 3. The van der Waals surface area contributed by atoms with Gasteiger partial charge >= 0.3 is 6.18 Å². The number of benzene rings is 2. The van der Waals surface area contributed by atoms with Gasteiger partial charge in [-0.15, -0.1) is 0 Å². The lowest BCUT2D eigenvalue weighted by molar-refractivity contribution is -0.138. The molecule has 2 heterocycles. The van der Waals surface area contributed by atoms with E-state index in [1.165, 1.54) is 24.3 Å². The summed E-state index contributed by atoms with van der Waals surface area (Å²) < 4.78 is 51.6. The number of aromatic nitrogens is 1. The Morgan fingerprint density at radius 2 is 1.92 bits per heavy atom. The highest BCUT2D eigenvalue weighted by atomic mass is 19.4. The Balaban J connectivity index is 1.44. The molecule has 0 spiro atoms. The van der Waals surface area contributed by atoms with E-state index in [4.69, 9.17) is 15.2 Å². The van der Waals surface area contributed by atoms with Crippen LogP contribution in [0.1, 0.15) is 36.0 Å². The zero-order chi connectivity index (χ0) is 26.6. The van der Waals surface area contributed by atoms with Crippen molar-refractivity contribution >= 4 is 11.4 Å². The summed E-state index contributed by atoms with van der Waals surface area (Å²) in [5.41, 5.74) is 7.53. The molecule has 198 valence electrons. The number of anilines is 2. The number of hydrogen-bond acceptors (Lipinski definition) is 7. The molecule has 0 amide bonds. The highest BCUT2D eigenvalue weighted by molar-refractivity contribution is 5.64. The number of methoxy groups -OCH3 is 1. The Hall–Kier alpha value is -3.50. The van der Waals surface area contributed by atoms with Crippen LogP contribution in [0.25, 0.3) is 0 Å². The highest BCUT2D eigenvalue weighted by Crippen LogP contribution is 2.42. The molecule has 4 rings (SSSR count). The first-order chi connectivity index (χ1) is 17.7. The number of fused-ring (bicyclic) bond motifs is 1. The fraction of sp³-hybridized carbons (Fsp3) is 0.370. The van der Waals surface area contributed by atoms with E-state index in [0.29, 0.717) is 48.7 Å². The van der Waals surface area contributed by atoms with Crippen molar-refractivity contribution in [1.82, 2.24) is 4.98 Å². The van der Waals surface area contributed by atoms with Gasteiger partial charge in [0, 0.05) is 24.2 Å². The second-order valence-electron chi connectivity index (χ2n) is 8.96. The number of nitrogens with zero attached hydrogens (tertiary/aromatic N) is 2. The lowest BCUT2D eigenvalue weighted by Gasteiger charge is -2.28. The largest absolute Gasteiger partial charge is 0.496 e. The van der Waals surface area contributed by atoms with Gasteiger partial charge in [-0.1, -0.05) is 37.3 Å². The van der Waals surface area contributed by atoms with Crippen molar-refractivity contribution in [3.05, 3.63) is 77.5 Å². The van der Waals surface area contributed by atoms with Crippen molar-refractivity contribution in [3.63, 3.8) is 0 Å². The maximum Gasteiger partial charge on any atom is 0.420 e. The average Bonchev–Trinajstić information content (AvgIpc) is 3.31. The smallest absolute Gasteiger partial charge is 0.420 e. The molecule has 3 unspecified atom stereocenters. The number of nitrogens with one attached hydrogen (secondary N) is 1. The van der Waals surface area contributed by atoms with Crippen LogP contribution in [0.5, 0.6) is 11.6 Å². The standard InChI is InChI=1S/C27H31F3N4O3/c1-17(18-6-4-3-5-7-18)23(10-12-31)37-25-9-8-20(16-32-25)33-26(35)34-13-11-19-14-24(36-2)21(15-22(19)34)27(28,29)30/h3-9,14-17,23,26,33,35H,10-13,31H2,1-2H3. The second kappa shape index (κ2) is 11.3. The van der Waals surface area contributed by atoms with Crippen molar-refractivity contribution in [1.29, 1.82) is 0 Å². The number of aliphatic hydroxyl groups excluding tert-OH is 1. The molecule has 0 radical (unpaired) electrons. The monoisotopic (exact) mass is 516 g/mol. The number of rotatable bonds is 10. The molecule has 0 fully saturated rings. The molecule has 7 nitrogen and oxygen atoms in total. The van der Waals surface area contributed by atoms with Crippen LogP contribution in [0.4, 0.5) is 24.5 Å². The van der Waals surface area contributed by atoms with Crippen molar-refractivity contribution in [2.45, 2.75) is 44.3 Å². The molecule has 3 aromatic rings. The molecular formula is C27H31F3N4O3. The second-order valence-corrected chi connectivity index (χ2v) is 8.96. The molecule has 37 heavy (non-hydrogen) atoms. The SMILES string of the molecule is COc1cc2c(cc1C(F)(F)F)N(C(O)Nc1ccc(OC(CCN)C(C)c3ccccc3)nc1)CC2. The lowest BCUT2D eigenvalue weighted by atomic mass is 9.93. The van der Waals surface area contributed by atoms with Gasteiger partial charge in [-0.3, -0.25) is 0 Å². The van der Waals surface area contributed by atoms with E-state index in [1.54, 1.807) is 12.1 Å². The third-order valence-electron chi connectivity index (χ3n) is 6.57. The number of halogens is 3. The third-order valence-corrected chi connectivity index (χ3v) is 6.57. The van der Waals surface area contributed by atoms with E-state index in [0.717, 1.165) is 11.6 Å². The molecule has 2 aromatic carbocycles. The van der Waals surface area contributed by atoms with Gasteiger partial charge in [-0.25, -0.2) is 4.98 Å². The number of hydrogen-bond donors (Lipinski definition) is 3. The summed E-state index contributed by atoms with van der Waals surface area (Å²) in [4.78, 5) is 5.83. The number of ether oxygens (including phenoxy) is 2. The van der Waals surface area contributed by atoms with E-state index < -0.39 is 18.1 Å². The zero-order valence-corrected chi connectivity index (χ0v) is 20.7. The number of pyridine rings is 1. The van der Waals surface area contributed by atoms with E-state index in [9.17, 15) is 18.3 Å². The number of aliphatic hydroxyl groups is 1. The van der Waals surface area contributed by atoms with Crippen LogP contribution < -0.4 is 25.4 Å². The topological polar surface area (TPSA) is 92.9 Å². The van der Waals surface area contributed by atoms with Gasteiger partial charge < -0.3 is 30.5 Å². The molecule has 10 heteroatoms. The summed E-state index contributed by atoms with van der Waals surface area (Å²) >= 11 is 0. The molecule has 0 saturated heterocycles. The van der Waals surface area contributed by atoms with Gasteiger partial charge in [-0.05, 0) is 48.7 Å². The Morgan fingerprint density at radius 1 is 1.16 bits per heavy atom. The van der Waals surface area contributed by atoms with Crippen molar-refractivity contribution in [2.75, 3.05) is 30.4 Å². The van der Waals surface area contributed by atoms with E-state index in [-0.39, 0.29) is 17.8 Å². The minimum absolute atomic E-state index is 0.0987. The molecule has 0 saturated carbocycles. The fourth-order valence-electron chi connectivity index (χ4n) is 4.55. The lowest BCUT2D eigenvalue weighted by Crippen LogP contribution is -2.39. The van der Waals surface area contributed by atoms with Crippen LogP contribution in [-0.4, -0.2) is 42.7 Å². The summed E-state index contributed by atoms with van der Waals surface area (Å²) in [6.45, 7) is 2.89. The van der Waals surface area contributed by atoms with Gasteiger partial charge in [0.25, 0.3) is 0 Å². The van der Waals surface area contributed by atoms with Gasteiger partial charge in [0.05, 0.1) is 24.6 Å². The van der Waals surface area contributed by atoms with Gasteiger partial charge in [0.15, 0.2) is 0 Å². The molecule has 1 aromatic heterocycles. The van der Waals surface area contributed by atoms with Crippen LogP contribution >= 0.6 is 0 Å². The summed E-state index contributed by atoms with van der Waals surface area (Å²) in [5.74, 6) is 0.279. The minimum atomic E-state index is -4.58. The molecule has 4 N–H and O–H groups in total. The first kappa shape index (κ1) is 26.6. The van der Waals surface area contributed by atoms with Gasteiger partial charge in [0.2, 0.25) is 12.2 Å². The van der Waals surface area contributed by atoms with Crippen LogP contribution in [-0.2, 0) is 12.6 Å².